The lowest BCUT2D eigenvalue weighted by Crippen LogP contribution is -2.25. The van der Waals surface area contributed by atoms with Gasteiger partial charge >= 0.3 is 5.97 Å². The number of hydrogen-bond acceptors (Lipinski definition) is 3. The maximum atomic E-state index is 12.4. The van der Waals surface area contributed by atoms with Gasteiger partial charge < -0.3 is 15.7 Å². The molecule has 1 amide bonds. The molecule has 5 nitrogen and oxygen atoms in total. The van der Waals surface area contributed by atoms with E-state index in [1.165, 1.54) is 0 Å². The van der Waals surface area contributed by atoms with Gasteiger partial charge in [0.05, 0.1) is 5.56 Å². The van der Waals surface area contributed by atoms with Gasteiger partial charge in [0.15, 0.2) is 0 Å². The van der Waals surface area contributed by atoms with E-state index in [-0.39, 0.29) is 11.5 Å². The molecular weight excluding hydrogens is 268 g/mol. The highest BCUT2D eigenvalue weighted by Crippen LogP contribution is 2.25. The van der Waals surface area contributed by atoms with Crippen LogP contribution < -0.4 is 5.73 Å². The Hall–Kier alpha value is -2.82. The Balaban J connectivity index is 1.84. The number of aromatic carboxylic acids is 1. The maximum Gasteiger partial charge on any atom is 0.335 e. The van der Waals surface area contributed by atoms with E-state index in [1.807, 2.05) is 0 Å². The number of amides is 1. The van der Waals surface area contributed by atoms with Crippen LogP contribution in [-0.4, -0.2) is 21.9 Å². The molecule has 1 aliphatic heterocycles. The summed E-state index contributed by atoms with van der Waals surface area (Å²) in [5.74, 6) is -1.06. The summed E-state index contributed by atoms with van der Waals surface area (Å²) in [7, 11) is 0. The molecule has 0 aliphatic carbocycles. The molecule has 0 saturated heterocycles. The van der Waals surface area contributed by atoms with Crippen LogP contribution in [0.3, 0.4) is 0 Å². The van der Waals surface area contributed by atoms with Gasteiger partial charge in [-0.2, -0.15) is 0 Å². The number of carbonyl (C=O) groups excluding carboxylic acids is 1. The summed E-state index contributed by atoms with van der Waals surface area (Å²) in [6, 6.07) is 11.8. The highest BCUT2D eigenvalue weighted by molar-refractivity contribution is 5.95. The number of benzene rings is 2. The van der Waals surface area contributed by atoms with Gasteiger partial charge in [0.2, 0.25) is 0 Å². The average molecular weight is 282 g/mol. The molecule has 3 N–H and O–H groups in total. The van der Waals surface area contributed by atoms with Gasteiger partial charge in [-0.15, -0.1) is 0 Å². The standard InChI is InChI=1S/C16H14N2O3/c17-14-3-1-2-10(7-14)15(19)18-8-12-5-4-11(16(20)21)6-13(12)9-18/h1-7H,8-9,17H2,(H,20,21). The molecule has 0 fully saturated rings. The molecule has 1 aliphatic rings. The Bertz CT molecular complexity index is 740. The van der Waals surface area contributed by atoms with Crippen LogP contribution in [0.4, 0.5) is 5.69 Å². The van der Waals surface area contributed by atoms with Gasteiger partial charge in [-0.25, -0.2) is 4.79 Å². The van der Waals surface area contributed by atoms with Crippen LogP contribution >= 0.6 is 0 Å². The number of nitrogens with two attached hydrogens (primary N) is 1. The van der Waals surface area contributed by atoms with Crippen LogP contribution in [0.2, 0.25) is 0 Å². The van der Waals surface area contributed by atoms with Crippen LogP contribution in [0.5, 0.6) is 0 Å². The zero-order valence-corrected chi connectivity index (χ0v) is 11.2. The number of carboxylic acids is 1. The molecule has 0 spiro atoms. The van der Waals surface area contributed by atoms with Crippen molar-refractivity contribution in [1.29, 1.82) is 0 Å². The fraction of sp³-hybridized carbons (Fsp3) is 0.125. The minimum Gasteiger partial charge on any atom is -0.478 e. The highest BCUT2D eigenvalue weighted by atomic mass is 16.4. The first-order valence-electron chi connectivity index (χ1n) is 6.54. The first-order chi connectivity index (χ1) is 10.0. The predicted molar refractivity (Wildman–Crippen MR) is 77.8 cm³/mol. The second kappa shape index (κ2) is 4.94. The SMILES string of the molecule is Nc1cccc(C(=O)N2Cc3ccc(C(=O)O)cc3C2)c1. The number of nitrogen functional groups attached to an aromatic ring is 1. The third-order valence-corrected chi connectivity index (χ3v) is 3.60. The summed E-state index contributed by atoms with van der Waals surface area (Å²) in [4.78, 5) is 25.1. The van der Waals surface area contributed by atoms with E-state index < -0.39 is 5.97 Å². The Morgan fingerprint density at radius 2 is 1.76 bits per heavy atom. The molecule has 0 atom stereocenters. The molecule has 1 heterocycles. The van der Waals surface area contributed by atoms with E-state index in [1.54, 1.807) is 47.4 Å². The Labute approximate surface area is 121 Å². The van der Waals surface area contributed by atoms with Crippen molar-refractivity contribution >= 4 is 17.6 Å². The van der Waals surface area contributed by atoms with E-state index in [9.17, 15) is 9.59 Å². The zero-order chi connectivity index (χ0) is 15.0. The number of anilines is 1. The molecule has 0 aromatic heterocycles. The zero-order valence-electron chi connectivity index (χ0n) is 11.2. The topological polar surface area (TPSA) is 83.6 Å². The fourth-order valence-corrected chi connectivity index (χ4v) is 2.53. The minimum atomic E-state index is -0.960. The van der Waals surface area contributed by atoms with Crippen molar-refractivity contribution in [2.75, 3.05) is 5.73 Å². The highest BCUT2D eigenvalue weighted by Gasteiger charge is 2.25. The second-order valence-electron chi connectivity index (χ2n) is 5.08. The molecule has 21 heavy (non-hydrogen) atoms. The summed E-state index contributed by atoms with van der Waals surface area (Å²) >= 11 is 0. The Kier molecular flexibility index (Phi) is 3.10. The summed E-state index contributed by atoms with van der Waals surface area (Å²) in [5, 5.41) is 9.01. The average Bonchev–Trinajstić information content (AvgIpc) is 2.89. The number of nitrogens with zero attached hydrogens (tertiary/aromatic N) is 1. The van der Waals surface area contributed by atoms with Gasteiger partial charge in [-0.05, 0) is 41.5 Å². The normalized spacial score (nSPS) is 13.0. The first kappa shape index (κ1) is 13.2. The number of fused-ring (bicyclic) bond motifs is 1. The quantitative estimate of drug-likeness (QED) is 0.826. The molecule has 0 unspecified atom stereocenters. The molecule has 3 rings (SSSR count). The smallest absolute Gasteiger partial charge is 0.335 e. The van der Waals surface area contributed by atoms with E-state index in [4.69, 9.17) is 10.8 Å². The lowest BCUT2D eigenvalue weighted by Gasteiger charge is -2.15. The molecule has 0 radical (unpaired) electrons. The van der Waals surface area contributed by atoms with Crippen molar-refractivity contribution in [2.24, 2.45) is 0 Å². The molecule has 0 saturated carbocycles. The first-order valence-corrected chi connectivity index (χ1v) is 6.54. The van der Waals surface area contributed by atoms with Crippen molar-refractivity contribution in [1.82, 2.24) is 4.90 Å². The second-order valence-corrected chi connectivity index (χ2v) is 5.08. The van der Waals surface area contributed by atoms with Gasteiger partial charge in [-0.3, -0.25) is 4.79 Å². The minimum absolute atomic E-state index is 0.102. The summed E-state index contributed by atoms with van der Waals surface area (Å²) < 4.78 is 0. The van der Waals surface area contributed by atoms with Crippen LogP contribution in [-0.2, 0) is 13.1 Å². The molecule has 5 heteroatoms. The van der Waals surface area contributed by atoms with Crippen molar-refractivity contribution in [3.8, 4) is 0 Å². The van der Waals surface area contributed by atoms with Crippen molar-refractivity contribution < 1.29 is 14.7 Å². The third-order valence-electron chi connectivity index (χ3n) is 3.60. The summed E-state index contributed by atoms with van der Waals surface area (Å²) in [5.41, 5.74) is 8.89. The predicted octanol–water partition coefficient (Wildman–Crippen LogP) is 2.12. The Morgan fingerprint density at radius 3 is 2.48 bits per heavy atom. The van der Waals surface area contributed by atoms with Crippen molar-refractivity contribution in [3.05, 3.63) is 64.7 Å². The van der Waals surface area contributed by atoms with Gasteiger partial charge in [0.1, 0.15) is 0 Å². The lowest BCUT2D eigenvalue weighted by atomic mass is 10.1. The van der Waals surface area contributed by atoms with Crippen LogP contribution in [0.15, 0.2) is 42.5 Å². The Morgan fingerprint density at radius 1 is 1.00 bits per heavy atom. The number of carbonyl (C=O) groups is 2. The molecule has 0 bridgehead atoms. The summed E-state index contributed by atoms with van der Waals surface area (Å²) in [6.45, 7) is 0.910. The van der Waals surface area contributed by atoms with Crippen molar-refractivity contribution in [3.63, 3.8) is 0 Å². The monoisotopic (exact) mass is 282 g/mol. The maximum absolute atomic E-state index is 12.4. The molecule has 2 aromatic rings. The number of carboxylic acid groups (broad SMARTS) is 1. The van der Waals surface area contributed by atoms with Gasteiger partial charge in [0, 0.05) is 24.3 Å². The summed E-state index contributed by atoms with van der Waals surface area (Å²) in [6.07, 6.45) is 0. The van der Waals surface area contributed by atoms with Gasteiger partial charge in [-0.1, -0.05) is 12.1 Å². The van der Waals surface area contributed by atoms with Crippen molar-refractivity contribution in [2.45, 2.75) is 13.1 Å². The van der Waals surface area contributed by atoms with E-state index in [2.05, 4.69) is 0 Å². The van der Waals surface area contributed by atoms with Crippen LogP contribution in [0.25, 0.3) is 0 Å². The molecule has 2 aromatic carbocycles. The van der Waals surface area contributed by atoms with E-state index in [0.717, 1.165) is 11.1 Å². The van der Waals surface area contributed by atoms with Gasteiger partial charge in [0.25, 0.3) is 5.91 Å². The van der Waals surface area contributed by atoms with E-state index >= 15 is 0 Å². The third kappa shape index (κ3) is 2.45. The largest absolute Gasteiger partial charge is 0.478 e. The van der Waals surface area contributed by atoms with Crippen LogP contribution in [0.1, 0.15) is 31.8 Å². The number of rotatable bonds is 2. The molecule has 106 valence electrons. The number of hydrogen-bond donors (Lipinski definition) is 2. The fourth-order valence-electron chi connectivity index (χ4n) is 2.53. The molecular formula is C16H14N2O3. The van der Waals surface area contributed by atoms with Crippen LogP contribution in [0, 0.1) is 0 Å². The van der Waals surface area contributed by atoms with E-state index in [0.29, 0.717) is 24.3 Å². The lowest BCUT2D eigenvalue weighted by molar-refractivity contribution is 0.0696.